The van der Waals surface area contributed by atoms with Crippen LogP contribution in [0, 0.1) is 5.41 Å². The summed E-state index contributed by atoms with van der Waals surface area (Å²) in [6.45, 7) is 6.11. The van der Waals surface area contributed by atoms with Gasteiger partial charge in [0, 0.05) is 0 Å². The molecular weight excluding hydrogens is 270 g/mol. The topological polar surface area (TPSA) is 75.6 Å². The first-order valence-corrected chi connectivity index (χ1v) is 6.94. The van der Waals surface area contributed by atoms with E-state index in [2.05, 4.69) is 10.1 Å². The van der Waals surface area contributed by atoms with E-state index in [1.165, 1.54) is 7.11 Å². The molecule has 0 atom stereocenters. The van der Waals surface area contributed by atoms with Crippen molar-refractivity contribution in [3.63, 3.8) is 0 Å². The molecule has 0 aromatic heterocycles. The number of ether oxygens (including phenoxy) is 1. The molecule has 114 valence electrons. The summed E-state index contributed by atoms with van der Waals surface area (Å²) in [6, 6.07) is 5.14. The Bertz CT molecular complexity index is 582. The van der Waals surface area contributed by atoms with Crippen LogP contribution in [0.15, 0.2) is 18.2 Å². The summed E-state index contributed by atoms with van der Waals surface area (Å²) in [5.41, 5.74) is 0.100. The number of aromatic hydroxyl groups is 1. The second-order valence-corrected chi connectivity index (χ2v) is 6.51. The van der Waals surface area contributed by atoms with Crippen LogP contribution in [-0.2, 0) is 19.7 Å². The van der Waals surface area contributed by atoms with Gasteiger partial charge in [0.25, 0.3) is 0 Å². The molecule has 5 heteroatoms. The van der Waals surface area contributed by atoms with E-state index in [0.717, 1.165) is 5.56 Å². The molecule has 1 amide bonds. The highest BCUT2D eigenvalue weighted by atomic mass is 16.5. The van der Waals surface area contributed by atoms with Crippen molar-refractivity contribution < 1.29 is 19.4 Å². The minimum atomic E-state index is -1.08. The number of nitrogens with one attached hydrogen (secondary N) is 1. The Balaban J connectivity index is 2.18. The van der Waals surface area contributed by atoms with Gasteiger partial charge in [-0.15, -0.1) is 0 Å². The van der Waals surface area contributed by atoms with Gasteiger partial charge >= 0.3 is 5.97 Å². The SMILES string of the molecule is COC(=O)C1(C(=O)Nc2ccc(C(C)(C)C)cc2O)CC1. The molecule has 1 aromatic carbocycles. The Hall–Kier alpha value is -2.04. The molecule has 0 unspecified atom stereocenters. The van der Waals surface area contributed by atoms with Crippen LogP contribution < -0.4 is 5.32 Å². The third kappa shape index (κ3) is 2.86. The zero-order valence-corrected chi connectivity index (χ0v) is 12.8. The maximum Gasteiger partial charge on any atom is 0.321 e. The van der Waals surface area contributed by atoms with E-state index in [9.17, 15) is 14.7 Å². The van der Waals surface area contributed by atoms with E-state index in [1.807, 2.05) is 26.8 Å². The van der Waals surface area contributed by atoms with Crippen molar-refractivity contribution in [1.82, 2.24) is 0 Å². The van der Waals surface area contributed by atoms with Gasteiger partial charge in [0.15, 0.2) is 0 Å². The van der Waals surface area contributed by atoms with Gasteiger partial charge in [-0.1, -0.05) is 26.8 Å². The van der Waals surface area contributed by atoms with Gasteiger partial charge in [-0.3, -0.25) is 9.59 Å². The Morgan fingerprint density at radius 2 is 1.90 bits per heavy atom. The lowest BCUT2D eigenvalue weighted by Gasteiger charge is -2.20. The van der Waals surface area contributed by atoms with Gasteiger partial charge in [0.05, 0.1) is 12.8 Å². The molecule has 0 saturated heterocycles. The number of amides is 1. The first kappa shape index (κ1) is 15.4. The minimum Gasteiger partial charge on any atom is -0.506 e. The average molecular weight is 291 g/mol. The molecule has 1 aliphatic rings. The van der Waals surface area contributed by atoms with Gasteiger partial charge in [-0.25, -0.2) is 0 Å². The van der Waals surface area contributed by atoms with Crippen molar-refractivity contribution in [3.8, 4) is 5.75 Å². The normalized spacial score (nSPS) is 16.2. The molecule has 21 heavy (non-hydrogen) atoms. The molecule has 0 radical (unpaired) electrons. The zero-order valence-electron chi connectivity index (χ0n) is 12.8. The molecular formula is C16H21NO4. The third-order valence-electron chi connectivity index (χ3n) is 3.87. The number of phenols is 1. The van der Waals surface area contributed by atoms with Crippen LogP contribution in [0.1, 0.15) is 39.2 Å². The van der Waals surface area contributed by atoms with Crippen molar-refractivity contribution >= 4 is 17.6 Å². The van der Waals surface area contributed by atoms with E-state index in [0.29, 0.717) is 18.5 Å². The highest BCUT2D eigenvalue weighted by molar-refractivity contribution is 6.11. The number of anilines is 1. The lowest BCUT2D eigenvalue weighted by atomic mass is 9.87. The van der Waals surface area contributed by atoms with Crippen molar-refractivity contribution in [2.24, 2.45) is 5.41 Å². The predicted molar refractivity (Wildman–Crippen MR) is 79.1 cm³/mol. The number of esters is 1. The van der Waals surface area contributed by atoms with Crippen molar-refractivity contribution in [1.29, 1.82) is 0 Å². The molecule has 5 nitrogen and oxygen atoms in total. The molecule has 0 heterocycles. The molecule has 0 spiro atoms. The van der Waals surface area contributed by atoms with Crippen molar-refractivity contribution in [3.05, 3.63) is 23.8 Å². The van der Waals surface area contributed by atoms with Crippen LogP contribution in [0.4, 0.5) is 5.69 Å². The summed E-state index contributed by atoms with van der Waals surface area (Å²) >= 11 is 0. The Morgan fingerprint density at radius 3 is 2.33 bits per heavy atom. The second-order valence-electron chi connectivity index (χ2n) is 6.51. The molecule has 2 rings (SSSR count). The third-order valence-corrected chi connectivity index (χ3v) is 3.87. The molecule has 1 fully saturated rings. The van der Waals surface area contributed by atoms with E-state index in [4.69, 9.17) is 0 Å². The lowest BCUT2D eigenvalue weighted by molar-refractivity contribution is -0.150. The summed E-state index contributed by atoms with van der Waals surface area (Å²) in [5.74, 6) is -0.949. The van der Waals surface area contributed by atoms with Crippen LogP contribution in [0.3, 0.4) is 0 Å². The predicted octanol–water partition coefficient (Wildman–Crippen LogP) is 2.58. The molecule has 1 aromatic rings. The summed E-state index contributed by atoms with van der Waals surface area (Å²) in [7, 11) is 1.27. The molecule has 0 aliphatic heterocycles. The van der Waals surface area contributed by atoms with Crippen LogP contribution in [0.2, 0.25) is 0 Å². The Kier molecular flexibility index (Phi) is 3.70. The van der Waals surface area contributed by atoms with E-state index in [-0.39, 0.29) is 11.2 Å². The molecule has 0 bridgehead atoms. The maximum absolute atomic E-state index is 12.2. The van der Waals surface area contributed by atoms with E-state index < -0.39 is 17.3 Å². The fourth-order valence-corrected chi connectivity index (χ4v) is 2.19. The number of rotatable bonds is 3. The molecule has 1 aliphatic carbocycles. The van der Waals surface area contributed by atoms with Gasteiger partial charge < -0.3 is 15.2 Å². The zero-order chi connectivity index (χ0) is 15.8. The number of benzene rings is 1. The average Bonchev–Trinajstić information content (AvgIpc) is 3.20. The maximum atomic E-state index is 12.2. The van der Waals surface area contributed by atoms with Crippen molar-refractivity contribution in [2.75, 3.05) is 12.4 Å². The Morgan fingerprint density at radius 1 is 1.29 bits per heavy atom. The van der Waals surface area contributed by atoms with Crippen LogP contribution >= 0.6 is 0 Å². The number of carbonyl (C=O) groups is 2. The largest absolute Gasteiger partial charge is 0.506 e. The van der Waals surface area contributed by atoms with Crippen LogP contribution in [0.25, 0.3) is 0 Å². The van der Waals surface area contributed by atoms with Crippen LogP contribution in [-0.4, -0.2) is 24.1 Å². The number of methoxy groups -OCH3 is 1. The number of phenolic OH excluding ortho intramolecular Hbond substituents is 1. The number of hydrogen-bond donors (Lipinski definition) is 2. The first-order chi connectivity index (χ1) is 9.70. The highest BCUT2D eigenvalue weighted by Gasteiger charge is 2.57. The molecule has 1 saturated carbocycles. The summed E-state index contributed by atoms with van der Waals surface area (Å²) < 4.78 is 4.67. The van der Waals surface area contributed by atoms with Gasteiger partial charge in [-0.2, -0.15) is 0 Å². The second kappa shape index (κ2) is 5.06. The van der Waals surface area contributed by atoms with Gasteiger partial charge in [0.2, 0.25) is 5.91 Å². The summed E-state index contributed by atoms with van der Waals surface area (Å²) in [4.78, 5) is 23.9. The number of hydrogen-bond acceptors (Lipinski definition) is 4. The lowest BCUT2D eigenvalue weighted by Crippen LogP contribution is -2.32. The minimum absolute atomic E-state index is 0.00330. The summed E-state index contributed by atoms with van der Waals surface area (Å²) in [5, 5.41) is 12.7. The van der Waals surface area contributed by atoms with E-state index in [1.54, 1.807) is 12.1 Å². The fourth-order valence-electron chi connectivity index (χ4n) is 2.19. The van der Waals surface area contributed by atoms with Gasteiger partial charge in [0.1, 0.15) is 11.2 Å². The number of carbonyl (C=O) groups excluding carboxylic acids is 2. The quantitative estimate of drug-likeness (QED) is 0.510. The Labute approximate surface area is 124 Å². The first-order valence-electron chi connectivity index (χ1n) is 6.94. The van der Waals surface area contributed by atoms with Crippen LogP contribution in [0.5, 0.6) is 5.75 Å². The fraction of sp³-hybridized carbons (Fsp3) is 0.500. The molecule has 2 N–H and O–H groups in total. The highest BCUT2D eigenvalue weighted by Crippen LogP contribution is 2.48. The standard InChI is InChI=1S/C16H21NO4/c1-15(2,3)10-5-6-11(12(18)9-10)17-13(19)16(7-8-16)14(20)21-4/h5-6,9,18H,7-8H2,1-4H3,(H,17,19). The smallest absolute Gasteiger partial charge is 0.321 e. The van der Waals surface area contributed by atoms with Gasteiger partial charge in [-0.05, 0) is 36.0 Å². The van der Waals surface area contributed by atoms with E-state index >= 15 is 0 Å². The monoisotopic (exact) mass is 291 g/mol. The van der Waals surface area contributed by atoms with Crippen molar-refractivity contribution in [2.45, 2.75) is 39.0 Å². The summed E-state index contributed by atoms with van der Waals surface area (Å²) in [6.07, 6.45) is 0.957.